The third-order valence-electron chi connectivity index (χ3n) is 2.05. The van der Waals surface area contributed by atoms with E-state index in [9.17, 15) is 4.79 Å². The van der Waals surface area contributed by atoms with Crippen LogP contribution in [0.3, 0.4) is 0 Å². The molecule has 0 saturated heterocycles. The number of carbonyl (C=O) groups excluding carboxylic acids is 1. The van der Waals surface area contributed by atoms with E-state index < -0.39 is 4.32 Å². The van der Waals surface area contributed by atoms with Gasteiger partial charge in [-0.1, -0.05) is 15.9 Å². The van der Waals surface area contributed by atoms with Crippen molar-refractivity contribution in [2.75, 3.05) is 20.3 Å². The zero-order valence-corrected chi connectivity index (χ0v) is 11.2. The summed E-state index contributed by atoms with van der Waals surface area (Å²) >= 11 is 3.37. The van der Waals surface area contributed by atoms with E-state index in [4.69, 9.17) is 4.74 Å². The molecule has 0 saturated carbocycles. The number of halogens is 1. The van der Waals surface area contributed by atoms with Crippen LogP contribution >= 0.6 is 15.9 Å². The summed E-state index contributed by atoms with van der Waals surface area (Å²) in [5.74, 6) is 0.101. The summed E-state index contributed by atoms with van der Waals surface area (Å²) in [6, 6.07) is 0.120. The number of hydrogen-bond acceptors (Lipinski definition) is 2. The lowest BCUT2D eigenvalue weighted by Crippen LogP contribution is -2.47. The highest BCUT2D eigenvalue weighted by Gasteiger charge is 2.30. The molecular weight excluding hydrogens is 246 g/mol. The number of hydrogen-bond donors (Lipinski definition) is 0. The van der Waals surface area contributed by atoms with E-state index in [1.165, 1.54) is 0 Å². The standard InChI is InChI=1S/C10H20BrNO2/c1-6-12(8(2)7-14-5)9(13)10(3,4)11/h8H,6-7H2,1-5H3. The second-order valence-corrected chi connectivity index (χ2v) is 5.85. The molecule has 0 fully saturated rings. The van der Waals surface area contributed by atoms with E-state index in [0.717, 1.165) is 0 Å². The maximum atomic E-state index is 11.9. The first-order chi connectivity index (χ1) is 6.34. The molecule has 84 valence electrons. The van der Waals surface area contributed by atoms with Crippen LogP contribution in [0.5, 0.6) is 0 Å². The maximum absolute atomic E-state index is 11.9. The highest BCUT2D eigenvalue weighted by atomic mass is 79.9. The monoisotopic (exact) mass is 265 g/mol. The molecule has 1 atom stereocenters. The molecule has 0 N–H and O–H groups in total. The molecule has 4 heteroatoms. The van der Waals surface area contributed by atoms with Gasteiger partial charge in [0.2, 0.25) is 5.91 Å². The van der Waals surface area contributed by atoms with Gasteiger partial charge in [-0.25, -0.2) is 0 Å². The van der Waals surface area contributed by atoms with Crippen molar-refractivity contribution in [3.05, 3.63) is 0 Å². The number of methoxy groups -OCH3 is 1. The number of alkyl halides is 1. The number of ether oxygens (including phenoxy) is 1. The number of carbonyl (C=O) groups is 1. The number of rotatable bonds is 5. The molecule has 0 aliphatic rings. The van der Waals surface area contributed by atoms with Crippen molar-refractivity contribution in [2.24, 2.45) is 0 Å². The SMILES string of the molecule is CCN(C(=O)C(C)(C)Br)C(C)COC. The lowest BCUT2D eigenvalue weighted by Gasteiger charge is -2.32. The van der Waals surface area contributed by atoms with Crippen molar-refractivity contribution in [2.45, 2.75) is 38.1 Å². The van der Waals surface area contributed by atoms with Gasteiger partial charge in [0.25, 0.3) is 0 Å². The Morgan fingerprint density at radius 2 is 2.07 bits per heavy atom. The third kappa shape index (κ3) is 3.96. The highest BCUT2D eigenvalue weighted by Crippen LogP contribution is 2.20. The van der Waals surface area contributed by atoms with E-state index in [1.807, 2.05) is 32.6 Å². The fraction of sp³-hybridized carbons (Fsp3) is 0.900. The van der Waals surface area contributed by atoms with Crippen LogP contribution in [0.15, 0.2) is 0 Å². The van der Waals surface area contributed by atoms with Gasteiger partial charge in [-0.3, -0.25) is 4.79 Å². The molecule has 0 radical (unpaired) electrons. The molecule has 1 amide bonds. The first-order valence-electron chi connectivity index (χ1n) is 4.83. The van der Waals surface area contributed by atoms with Gasteiger partial charge in [-0.05, 0) is 27.7 Å². The van der Waals surface area contributed by atoms with Crippen LogP contribution in [0.1, 0.15) is 27.7 Å². The summed E-state index contributed by atoms with van der Waals surface area (Å²) in [7, 11) is 1.65. The molecule has 0 aliphatic carbocycles. The number of nitrogens with zero attached hydrogens (tertiary/aromatic N) is 1. The lowest BCUT2D eigenvalue weighted by molar-refractivity contribution is -0.135. The normalized spacial score (nSPS) is 13.9. The molecule has 0 heterocycles. The van der Waals surface area contributed by atoms with Crippen LogP contribution in [0.25, 0.3) is 0 Å². The Kier molecular flexibility index (Phi) is 5.67. The van der Waals surface area contributed by atoms with Gasteiger partial charge in [-0.15, -0.1) is 0 Å². The van der Waals surface area contributed by atoms with Crippen molar-refractivity contribution in [1.29, 1.82) is 0 Å². The molecule has 0 bridgehead atoms. The quantitative estimate of drug-likeness (QED) is 0.713. The zero-order chi connectivity index (χ0) is 11.4. The van der Waals surface area contributed by atoms with E-state index in [-0.39, 0.29) is 11.9 Å². The summed E-state index contributed by atoms with van der Waals surface area (Å²) in [6.07, 6.45) is 0. The predicted octanol–water partition coefficient (Wildman–Crippen LogP) is 2.04. The summed E-state index contributed by atoms with van der Waals surface area (Å²) in [4.78, 5) is 13.8. The zero-order valence-electron chi connectivity index (χ0n) is 9.63. The predicted molar refractivity (Wildman–Crippen MR) is 61.7 cm³/mol. The average molecular weight is 266 g/mol. The van der Waals surface area contributed by atoms with E-state index in [0.29, 0.717) is 13.2 Å². The van der Waals surface area contributed by atoms with Crippen molar-refractivity contribution in [1.82, 2.24) is 4.90 Å². The lowest BCUT2D eigenvalue weighted by atomic mass is 10.1. The molecule has 0 aromatic rings. The van der Waals surface area contributed by atoms with Crippen molar-refractivity contribution in [3.63, 3.8) is 0 Å². The van der Waals surface area contributed by atoms with Crippen molar-refractivity contribution < 1.29 is 9.53 Å². The fourth-order valence-electron chi connectivity index (χ4n) is 1.33. The van der Waals surface area contributed by atoms with Gasteiger partial charge in [0.05, 0.1) is 17.0 Å². The second-order valence-electron chi connectivity index (χ2n) is 3.87. The molecular formula is C10H20BrNO2. The minimum atomic E-state index is -0.495. The van der Waals surface area contributed by atoms with Crippen LogP contribution in [-0.4, -0.2) is 41.4 Å². The number of amides is 1. The molecule has 0 aromatic carbocycles. The molecule has 0 spiro atoms. The second kappa shape index (κ2) is 5.71. The third-order valence-corrected chi connectivity index (χ3v) is 2.39. The first kappa shape index (κ1) is 13.9. The molecule has 1 unspecified atom stereocenters. The maximum Gasteiger partial charge on any atom is 0.239 e. The van der Waals surface area contributed by atoms with E-state index in [1.54, 1.807) is 7.11 Å². The minimum Gasteiger partial charge on any atom is -0.383 e. The summed E-state index contributed by atoms with van der Waals surface area (Å²) in [5.41, 5.74) is 0. The summed E-state index contributed by atoms with van der Waals surface area (Å²) in [6.45, 7) is 8.96. The van der Waals surface area contributed by atoms with Gasteiger partial charge >= 0.3 is 0 Å². The van der Waals surface area contributed by atoms with E-state index in [2.05, 4.69) is 15.9 Å². The smallest absolute Gasteiger partial charge is 0.239 e. The Hall–Kier alpha value is -0.0900. The molecule has 0 aliphatic heterocycles. The Balaban J connectivity index is 4.48. The Labute approximate surface area is 94.9 Å². The Bertz CT molecular complexity index is 189. The molecule has 0 rings (SSSR count). The van der Waals surface area contributed by atoms with Crippen LogP contribution in [0, 0.1) is 0 Å². The average Bonchev–Trinajstić information content (AvgIpc) is 2.04. The Morgan fingerprint density at radius 3 is 2.36 bits per heavy atom. The number of likely N-dealkylation sites (N-methyl/N-ethyl adjacent to an activating group) is 1. The van der Waals surface area contributed by atoms with Crippen LogP contribution in [-0.2, 0) is 9.53 Å². The molecule has 3 nitrogen and oxygen atoms in total. The topological polar surface area (TPSA) is 29.5 Å². The van der Waals surface area contributed by atoms with Crippen molar-refractivity contribution >= 4 is 21.8 Å². The fourth-order valence-corrected chi connectivity index (χ4v) is 1.56. The first-order valence-corrected chi connectivity index (χ1v) is 5.62. The van der Waals surface area contributed by atoms with Gasteiger partial charge in [-0.2, -0.15) is 0 Å². The molecule has 14 heavy (non-hydrogen) atoms. The van der Waals surface area contributed by atoms with Gasteiger partial charge in [0.1, 0.15) is 0 Å². The van der Waals surface area contributed by atoms with Crippen LogP contribution < -0.4 is 0 Å². The molecule has 0 aromatic heterocycles. The van der Waals surface area contributed by atoms with Crippen LogP contribution in [0.2, 0.25) is 0 Å². The van der Waals surface area contributed by atoms with Gasteiger partial charge < -0.3 is 9.64 Å². The summed E-state index contributed by atoms with van der Waals surface area (Å²) < 4.78 is 4.55. The van der Waals surface area contributed by atoms with Crippen molar-refractivity contribution in [3.8, 4) is 0 Å². The van der Waals surface area contributed by atoms with Gasteiger partial charge in [0, 0.05) is 13.7 Å². The highest BCUT2D eigenvalue weighted by molar-refractivity contribution is 9.10. The Morgan fingerprint density at radius 1 is 1.57 bits per heavy atom. The van der Waals surface area contributed by atoms with Gasteiger partial charge in [0.15, 0.2) is 0 Å². The van der Waals surface area contributed by atoms with E-state index >= 15 is 0 Å². The largest absolute Gasteiger partial charge is 0.383 e. The summed E-state index contributed by atoms with van der Waals surface area (Å²) in [5, 5.41) is 0. The minimum absolute atomic E-state index is 0.101. The van der Waals surface area contributed by atoms with Crippen LogP contribution in [0.4, 0.5) is 0 Å².